The van der Waals surface area contributed by atoms with E-state index in [0.29, 0.717) is 0 Å². The molecule has 0 unspecified atom stereocenters. The second-order valence-electron chi connectivity index (χ2n) is 10.2. The fourth-order valence-corrected chi connectivity index (χ4v) is 6.67. The monoisotopic (exact) mass is 482 g/mol. The van der Waals surface area contributed by atoms with Gasteiger partial charge in [-0.15, -0.1) is 0 Å². The van der Waals surface area contributed by atoms with Crippen molar-refractivity contribution in [2.45, 2.75) is 0 Å². The van der Waals surface area contributed by atoms with Gasteiger partial charge in [-0.25, -0.2) is 0 Å². The van der Waals surface area contributed by atoms with Crippen LogP contribution in [0.15, 0.2) is 134 Å². The van der Waals surface area contributed by atoms with Crippen LogP contribution in [-0.4, -0.2) is 8.97 Å². The van der Waals surface area contributed by atoms with Crippen molar-refractivity contribution >= 4 is 70.5 Å². The molecule has 0 aliphatic rings. The van der Waals surface area contributed by atoms with E-state index in [9.17, 15) is 0 Å². The Kier molecular flexibility index (Phi) is 3.82. The number of benzene rings is 6. The highest BCUT2D eigenvalue weighted by Gasteiger charge is 2.17. The van der Waals surface area contributed by atoms with Crippen LogP contribution >= 0.6 is 0 Å². The second kappa shape index (κ2) is 7.24. The van der Waals surface area contributed by atoms with Crippen molar-refractivity contribution in [1.29, 1.82) is 0 Å². The van der Waals surface area contributed by atoms with Gasteiger partial charge in [-0.05, 0) is 74.8 Å². The van der Waals surface area contributed by atoms with Crippen LogP contribution in [-0.2, 0) is 0 Å². The van der Waals surface area contributed by atoms with Crippen LogP contribution in [0.2, 0.25) is 0 Å². The average molecular weight is 483 g/mol. The van der Waals surface area contributed by atoms with Crippen LogP contribution in [0.25, 0.3) is 76.2 Å². The molecule has 0 fully saturated rings. The molecule has 3 heterocycles. The van der Waals surface area contributed by atoms with Crippen molar-refractivity contribution in [1.82, 2.24) is 8.97 Å². The quantitative estimate of drug-likeness (QED) is 0.206. The molecule has 0 spiro atoms. The molecule has 3 aromatic heterocycles. The number of hydrogen-bond donors (Lipinski definition) is 0. The summed E-state index contributed by atoms with van der Waals surface area (Å²) in [6.07, 6.45) is 2.16. The zero-order valence-corrected chi connectivity index (χ0v) is 20.6. The number of nitrogens with zero attached hydrogens (tertiary/aromatic N) is 2. The topological polar surface area (TPSA) is 9.34 Å². The summed E-state index contributed by atoms with van der Waals surface area (Å²) in [5.74, 6) is 0. The van der Waals surface area contributed by atoms with E-state index in [1.54, 1.807) is 0 Å². The van der Waals surface area contributed by atoms with Gasteiger partial charge in [0.15, 0.2) is 0 Å². The Hall–Kier alpha value is -5.08. The lowest BCUT2D eigenvalue weighted by Gasteiger charge is -2.14. The molecule has 0 radical (unpaired) electrons. The van der Waals surface area contributed by atoms with Gasteiger partial charge in [0.25, 0.3) is 0 Å². The SMILES string of the molecule is c1ccc2c(c1)c1ccccc1c1cc(-n3c4ccccc4c4ccc5c(cc6ccccn65)c43)ccc21. The van der Waals surface area contributed by atoms with Crippen LogP contribution in [0, 0.1) is 0 Å². The highest BCUT2D eigenvalue weighted by molar-refractivity contribution is 6.26. The van der Waals surface area contributed by atoms with Gasteiger partial charge < -0.3 is 8.97 Å². The van der Waals surface area contributed by atoms with E-state index in [1.165, 1.54) is 76.2 Å². The van der Waals surface area contributed by atoms with Crippen LogP contribution in [0.3, 0.4) is 0 Å². The first kappa shape index (κ1) is 20.0. The number of hydrogen-bond acceptors (Lipinski definition) is 0. The minimum absolute atomic E-state index is 1.19. The number of pyridine rings is 1. The molecular weight excluding hydrogens is 460 g/mol. The average Bonchev–Trinajstić information content (AvgIpc) is 3.53. The predicted octanol–water partition coefficient (Wildman–Crippen LogP) is 9.65. The molecule has 0 amide bonds. The third-order valence-electron chi connectivity index (χ3n) is 8.28. The molecular formula is C36H22N2. The lowest BCUT2D eigenvalue weighted by Crippen LogP contribution is -1.95. The first-order valence-corrected chi connectivity index (χ1v) is 13.1. The molecule has 176 valence electrons. The second-order valence-corrected chi connectivity index (χ2v) is 10.2. The first-order valence-electron chi connectivity index (χ1n) is 13.1. The molecule has 38 heavy (non-hydrogen) atoms. The van der Waals surface area contributed by atoms with E-state index < -0.39 is 0 Å². The first-order chi connectivity index (χ1) is 18.9. The molecule has 0 saturated heterocycles. The van der Waals surface area contributed by atoms with Crippen LogP contribution < -0.4 is 0 Å². The Morgan fingerprint density at radius 2 is 0.974 bits per heavy atom. The maximum Gasteiger partial charge on any atom is 0.0635 e. The van der Waals surface area contributed by atoms with Crippen molar-refractivity contribution in [3.8, 4) is 5.69 Å². The number of para-hydroxylation sites is 1. The minimum Gasteiger partial charge on any atom is -0.316 e. The van der Waals surface area contributed by atoms with E-state index in [0.717, 1.165) is 0 Å². The largest absolute Gasteiger partial charge is 0.316 e. The summed E-state index contributed by atoms with van der Waals surface area (Å²) < 4.78 is 4.76. The molecule has 2 heteroatoms. The normalized spacial score (nSPS) is 12.2. The predicted molar refractivity (Wildman–Crippen MR) is 162 cm³/mol. The third-order valence-corrected chi connectivity index (χ3v) is 8.28. The minimum atomic E-state index is 1.19. The number of rotatable bonds is 1. The Labute approximate surface area is 218 Å². The van der Waals surface area contributed by atoms with Gasteiger partial charge in [0.2, 0.25) is 0 Å². The Morgan fingerprint density at radius 3 is 1.74 bits per heavy atom. The highest BCUT2D eigenvalue weighted by Crippen LogP contribution is 2.40. The lowest BCUT2D eigenvalue weighted by molar-refractivity contribution is 1.19. The maximum atomic E-state index is 2.47. The number of fused-ring (bicyclic) bond motifs is 13. The highest BCUT2D eigenvalue weighted by atomic mass is 15.0. The van der Waals surface area contributed by atoms with Crippen LogP contribution in [0.1, 0.15) is 0 Å². The summed E-state index contributed by atoms with van der Waals surface area (Å²) in [5.41, 5.74) is 6.12. The molecule has 0 N–H and O–H groups in total. The molecule has 9 aromatic rings. The van der Waals surface area contributed by atoms with Gasteiger partial charge in [0.05, 0.1) is 16.6 Å². The van der Waals surface area contributed by atoms with Crippen molar-refractivity contribution in [2.75, 3.05) is 0 Å². The fraction of sp³-hybridized carbons (Fsp3) is 0. The molecule has 0 aliphatic heterocycles. The van der Waals surface area contributed by atoms with Gasteiger partial charge in [0, 0.05) is 33.6 Å². The van der Waals surface area contributed by atoms with Gasteiger partial charge in [-0.1, -0.05) is 84.9 Å². The summed E-state index contributed by atoms with van der Waals surface area (Å²) in [5, 5.41) is 11.6. The molecule has 6 aromatic carbocycles. The Balaban J connectivity index is 1.48. The van der Waals surface area contributed by atoms with Crippen molar-refractivity contribution in [3.63, 3.8) is 0 Å². The van der Waals surface area contributed by atoms with E-state index in [4.69, 9.17) is 0 Å². The lowest BCUT2D eigenvalue weighted by atomic mass is 9.94. The fourth-order valence-electron chi connectivity index (χ4n) is 6.67. The Morgan fingerprint density at radius 1 is 0.368 bits per heavy atom. The summed E-state index contributed by atoms with van der Waals surface area (Å²) in [4.78, 5) is 0. The Bertz CT molecular complexity index is 2370. The van der Waals surface area contributed by atoms with E-state index in [-0.39, 0.29) is 0 Å². The number of aromatic nitrogens is 2. The smallest absolute Gasteiger partial charge is 0.0635 e. The summed E-state index contributed by atoms with van der Waals surface area (Å²) in [7, 11) is 0. The van der Waals surface area contributed by atoms with E-state index in [2.05, 4.69) is 143 Å². The van der Waals surface area contributed by atoms with E-state index in [1.807, 2.05) is 0 Å². The van der Waals surface area contributed by atoms with Gasteiger partial charge in [0.1, 0.15) is 0 Å². The molecule has 0 aliphatic carbocycles. The third kappa shape index (κ3) is 2.51. The van der Waals surface area contributed by atoms with Crippen LogP contribution in [0.5, 0.6) is 0 Å². The molecule has 0 saturated carbocycles. The molecule has 0 bridgehead atoms. The van der Waals surface area contributed by atoms with Gasteiger partial charge in [-0.3, -0.25) is 0 Å². The molecule has 2 nitrogen and oxygen atoms in total. The molecule has 0 atom stereocenters. The van der Waals surface area contributed by atoms with Crippen molar-refractivity contribution in [2.24, 2.45) is 0 Å². The summed E-state index contributed by atoms with van der Waals surface area (Å²) >= 11 is 0. The van der Waals surface area contributed by atoms with Crippen LogP contribution in [0.4, 0.5) is 0 Å². The standard InChI is InChI=1S/C36H22N2/c1-2-12-27-25(10-1)26-11-3-4-13-28(26)32-22-24(16-17-29(27)32)38-35-15-6-5-14-30(35)31-18-19-34-33(36(31)38)21-23-9-7-8-20-37(23)34/h1-22H. The van der Waals surface area contributed by atoms with Gasteiger partial charge >= 0.3 is 0 Å². The maximum absolute atomic E-state index is 2.47. The van der Waals surface area contributed by atoms with E-state index >= 15 is 0 Å². The van der Waals surface area contributed by atoms with Gasteiger partial charge in [-0.2, -0.15) is 0 Å². The zero-order valence-electron chi connectivity index (χ0n) is 20.6. The van der Waals surface area contributed by atoms with Crippen molar-refractivity contribution in [3.05, 3.63) is 134 Å². The summed E-state index contributed by atoms with van der Waals surface area (Å²) in [6, 6.07) is 46.7. The molecule has 9 rings (SSSR count). The zero-order chi connectivity index (χ0) is 24.8. The van der Waals surface area contributed by atoms with Crippen molar-refractivity contribution < 1.29 is 0 Å². The summed E-state index contributed by atoms with van der Waals surface area (Å²) in [6.45, 7) is 0.